The van der Waals surface area contributed by atoms with Crippen LogP contribution in [0.4, 0.5) is 5.69 Å². The van der Waals surface area contributed by atoms with Gasteiger partial charge >= 0.3 is 5.97 Å². The summed E-state index contributed by atoms with van der Waals surface area (Å²) < 4.78 is 140. The molecule has 2 aromatic carbocycles. The Morgan fingerprint density at radius 1 is 0.767 bits per heavy atom. The first-order chi connectivity index (χ1) is 19.7. The van der Waals surface area contributed by atoms with E-state index in [9.17, 15) is 52.7 Å². The molecule has 0 amide bonds. The van der Waals surface area contributed by atoms with E-state index in [2.05, 4.69) is 10.3 Å². The molecular weight excluding hydrogens is 661 g/mol. The fourth-order valence-corrected chi connectivity index (χ4v) is 6.45. The van der Waals surface area contributed by atoms with E-state index in [1.165, 1.54) is 18.2 Å². The zero-order chi connectivity index (χ0) is 32.1. The zero-order valence-corrected chi connectivity index (χ0v) is 24.2. The molecule has 0 saturated carbocycles. The van der Waals surface area contributed by atoms with Gasteiger partial charge in [0.15, 0.2) is 27.0 Å². The third-order valence-corrected chi connectivity index (χ3v) is 8.53. The highest BCUT2D eigenvalue weighted by Gasteiger charge is 2.32. The van der Waals surface area contributed by atoms with E-state index in [0.29, 0.717) is 0 Å². The molecule has 0 fully saturated rings. The molecule has 1 aliphatic heterocycles. The van der Waals surface area contributed by atoms with Gasteiger partial charge in [-0.15, -0.1) is 0 Å². The molecule has 1 heterocycles. The third kappa shape index (κ3) is 6.83. The Bertz CT molecular complexity index is 2290. The second-order valence-corrected chi connectivity index (χ2v) is 14.3. The van der Waals surface area contributed by atoms with Gasteiger partial charge in [0.1, 0.15) is 5.88 Å². The molecule has 0 atom stereocenters. The van der Waals surface area contributed by atoms with Gasteiger partial charge in [0.05, 0.1) is 16.6 Å². The van der Waals surface area contributed by atoms with Crippen molar-refractivity contribution in [2.24, 2.45) is 4.99 Å². The summed E-state index contributed by atoms with van der Waals surface area (Å²) in [5.74, 6) is -5.03. The minimum Gasteiger partial charge on any atom is -0.478 e. The number of nitrogens with one attached hydrogen (secondary N) is 1. The maximum atomic E-state index is 12.6. The van der Waals surface area contributed by atoms with Crippen molar-refractivity contribution in [2.45, 2.75) is 9.79 Å². The molecule has 0 spiro atoms. The molecule has 1 aliphatic carbocycles. The van der Waals surface area contributed by atoms with Crippen LogP contribution in [-0.2, 0) is 40.5 Å². The molecule has 43 heavy (non-hydrogen) atoms. The molecule has 2 aliphatic rings. The lowest BCUT2D eigenvalue weighted by atomic mass is 9.90. The number of hydrogen-bond acceptors (Lipinski definition) is 12. The van der Waals surface area contributed by atoms with Gasteiger partial charge in [0, 0.05) is 16.5 Å². The summed E-state index contributed by atoms with van der Waals surface area (Å²) in [5, 5.41) is 10.9. The average Bonchev–Trinajstić information content (AvgIpc) is 2.86. The van der Waals surface area contributed by atoms with Gasteiger partial charge < -0.3 is 14.8 Å². The summed E-state index contributed by atoms with van der Waals surface area (Å²) in [6.07, 6.45) is 0. The van der Waals surface area contributed by atoms with Crippen molar-refractivity contribution in [1.82, 2.24) is 0 Å². The number of carboxylic acid groups (broad SMARTS) is 1. The van der Waals surface area contributed by atoms with Crippen molar-refractivity contribution in [3.8, 4) is 22.5 Å². The lowest BCUT2D eigenvalue weighted by Crippen LogP contribution is -2.19. The molecule has 0 unspecified atom stereocenters. The van der Waals surface area contributed by atoms with E-state index >= 15 is 0 Å². The molecule has 2 aromatic rings. The summed E-state index contributed by atoms with van der Waals surface area (Å²) >= 11 is 0. The van der Waals surface area contributed by atoms with Crippen LogP contribution in [0, 0.1) is 0 Å². The second-order valence-electron chi connectivity index (χ2n) is 8.66. The summed E-state index contributed by atoms with van der Waals surface area (Å²) in [7, 11) is -20.4. The Labute approximate surface area is 242 Å². The predicted molar refractivity (Wildman–Crippen MR) is 147 cm³/mol. The number of rotatable bonds is 9. The molecule has 0 bridgehead atoms. The first kappa shape index (κ1) is 32.0. The second kappa shape index (κ2) is 10.9. The number of fused-ring (bicyclic) bond motifs is 2. The Balaban J connectivity index is 2.35. The van der Waals surface area contributed by atoms with Gasteiger partial charge in [-0.1, -0.05) is 18.2 Å². The van der Waals surface area contributed by atoms with Gasteiger partial charge in [-0.3, -0.25) is 23.2 Å². The van der Waals surface area contributed by atoms with Crippen LogP contribution in [0.2, 0.25) is 0 Å². The number of nitrogens with zero attached hydrogens (tertiary/aromatic N) is 1. The van der Waals surface area contributed by atoms with E-state index in [4.69, 9.17) is 13.5 Å². The summed E-state index contributed by atoms with van der Waals surface area (Å²) in [6.45, 7) is 0. The molecule has 21 heteroatoms. The van der Waals surface area contributed by atoms with Gasteiger partial charge in [-0.2, -0.15) is 33.7 Å². The smallest absolute Gasteiger partial charge is 0.336 e. The highest BCUT2D eigenvalue weighted by atomic mass is 32.2. The molecule has 4 rings (SSSR count). The van der Waals surface area contributed by atoms with Gasteiger partial charge in [-0.05, 0) is 35.9 Å². The Morgan fingerprint density at radius 3 is 1.95 bits per heavy atom. The summed E-state index contributed by atoms with van der Waals surface area (Å²) in [4.78, 5) is 13.1. The van der Waals surface area contributed by atoms with Crippen LogP contribution >= 0.6 is 0 Å². The van der Waals surface area contributed by atoms with E-state index in [1.54, 1.807) is 0 Å². The summed E-state index contributed by atoms with van der Waals surface area (Å²) in [6, 6.07) is 9.19. The van der Waals surface area contributed by atoms with Crippen LogP contribution in [0.25, 0.3) is 33.4 Å². The van der Waals surface area contributed by atoms with Crippen molar-refractivity contribution >= 4 is 63.1 Å². The van der Waals surface area contributed by atoms with E-state index in [1.807, 2.05) is 0 Å². The number of benzene rings is 3. The van der Waals surface area contributed by atoms with Crippen LogP contribution in [0.3, 0.4) is 0 Å². The van der Waals surface area contributed by atoms with Crippen LogP contribution in [0.5, 0.6) is 0 Å². The predicted octanol–water partition coefficient (Wildman–Crippen LogP) is 1.40. The van der Waals surface area contributed by atoms with Crippen LogP contribution < -0.4 is 10.7 Å². The molecule has 17 nitrogen and oxygen atoms in total. The van der Waals surface area contributed by atoms with Crippen molar-refractivity contribution in [3.63, 3.8) is 0 Å². The highest BCUT2D eigenvalue weighted by Crippen LogP contribution is 2.46. The van der Waals surface area contributed by atoms with Gasteiger partial charge in [-0.25, -0.2) is 4.79 Å². The SMILES string of the molecule is O=C(O)c1ccccc1-c1c2ccc(=NCS(=O)(=O)O)c(S(=O)(=O)O)c-2oc2c(S(=O)(=O)O)c(NCS(=O)(=O)O)ccc12. The number of aromatic carboxylic acids is 1. The number of hydrogen-bond donors (Lipinski definition) is 6. The number of anilines is 1. The lowest BCUT2D eigenvalue weighted by Gasteiger charge is -2.20. The fraction of sp³-hybridized carbons (Fsp3) is 0.0909. The lowest BCUT2D eigenvalue weighted by molar-refractivity contribution is 0.0697. The number of carboxylic acids is 1. The number of carbonyl (C=O) groups is 1. The van der Waals surface area contributed by atoms with Crippen molar-refractivity contribution < 1.29 is 66.2 Å². The molecule has 230 valence electrons. The first-order valence-corrected chi connectivity index (χ1v) is 17.3. The van der Waals surface area contributed by atoms with E-state index in [-0.39, 0.29) is 27.6 Å². The topological polar surface area (TPSA) is 292 Å². The monoisotopic (exact) mass is 678 g/mol. The minimum atomic E-state index is -5.43. The van der Waals surface area contributed by atoms with Crippen molar-refractivity contribution in [3.05, 3.63) is 59.5 Å². The Hall–Kier alpha value is -3.96. The fourth-order valence-electron chi connectivity index (χ4n) is 4.23. The zero-order valence-electron chi connectivity index (χ0n) is 20.9. The third-order valence-electron chi connectivity index (χ3n) is 5.73. The largest absolute Gasteiger partial charge is 0.478 e. The summed E-state index contributed by atoms with van der Waals surface area (Å²) in [5.41, 5.74) is -2.58. The molecule has 6 N–H and O–H groups in total. The normalized spacial score (nSPS) is 13.4. The molecular formula is C22H18N2O15S4. The van der Waals surface area contributed by atoms with Crippen LogP contribution in [0.15, 0.2) is 67.7 Å². The first-order valence-electron chi connectivity index (χ1n) is 11.2. The maximum Gasteiger partial charge on any atom is 0.336 e. The van der Waals surface area contributed by atoms with Gasteiger partial charge in [0.2, 0.25) is 0 Å². The van der Waals surface area contributed by atoms with Crippen LogP contribution in [0.1, 0.15) is 10.4 Å². The van der Waals surface area contributed by atoms with Gasteiger partial charge in [0.25, 0.3) is 40.5 Å². The highest BCUT2D eigenvalue weighted by molar-refractivity contribution is 7.86. The standard InChI is InChI=1S/C22H18N2O15S4/c25-22(26)12-4-2-1-3-11(12)17-13-5-7-15(23-9-40(27,28)29)20(42(33,34)35)18(13)39-19-14(17)6-8-16(21(19)43(36,37)38)24-10-41(30,31)32/h1-8,23H,9-10H2,(H,25,26)(H,27,28,29)(H,30,31,32)(H,33,34,35)(H,36,37,38). The molecule has 0 aromatic heterocycles. The van der Waals surface area contributed by atoms with Crippen molar-refractivity contribution in [1.29, 1.82) is 0 Å². The van der Waals surface area contributed by atoms with Crippen molar-refractivity contribution in [2.75, 3.05) is 17.1 Å². The maximum absolute atomic E-state index is 12.6. The Kier molecular flexibility index (Phi) is 8.14. The quantitative estimate of drug-likeness (QED) is 0.108. The van der Waals surface area contributed by atoms with E-state index < -0.39 is 90.4 Å². The molecule has 0 saturated heterocycles. The Morgan fingerprint density at radius 2 is 1.40 bits per heavy atom. The van der Waals surface area contributed by atoms with E-state index in [0.717, 1.165) is 30.3 Å². The minimum absolute atomic E-state index is 0.148. The van der Waals surface area contributed by atoms with Crippen LogP contribution in [-0.4, -0.2) is 74.7 Å². The average molecular weight is 679 g/mol. The molecule has 0 radical (unpaired) electrons.